The molecule has 6 heteroatoms. The third-order valence-electron chi connectivity index (χ3n) is 2.28. The van der Waals surface area contributed by atoms with E-state index >= 15 is 0 Å². The van der Waals surface area contributed by atoms with E-state index in [0.29, 0.717) is 11.3 Å². The summed E-state index contributed by atoms with van der Waals surface area (Å²) in [6.45, 7) is 5.25. The lowest BCUT2D eigenvalue weighted by Crippen LogP contribution is -2.27. The minimum Gasteiger partial charge on any atom is -0.481 e. The summed E-state index contributed by atoms with van der Waals surface area (Å²) >= 11 is 0. The quantitative estimate of drug-likeness (QED) is 0.788. The van der Waals surface area contributed by atoms with Crippen LogP contribution in [0, 0.1) is 0 Å². The Labute approximate surface area is 117 Å². The molecule has 0 fully saturated rings. The fourth-order valence-electron chi connectivity index (χ4n) is 1.53. The molecule has 0 aliphatic rings. The number of hydrogen-bond acceptors (Lipinski definition) is 4. The maximum absolute atomic E-state index is 11.6. The molecule has 1 aromatic carbocycles. The number of ether oxygens (including phenoxy) is 1. The van der Waals surface area contributed by atoms with Crippen molar-refractivity contribution in [2.24, 2.45) is 0 Å². The molecule has 0 spiro atoms. The van der Waals surface area contributed by atoms with E-state index < -0.39 is 30.2 Å². The number of carboxylic acids is 1. The van der Waals surface area contributed by atoms with Gasteiger partial charge in [0.2, 0.25) is 0 Å². The van der Waals surface area contributed by atoms with Crippen molar-refractivity contribution < 1.29 is 24.5 Å². The lowest BCUT2D eigenvalue weighted by molar-refractivity contribution is -0.139. The zero-order valence-electron chi connectivity index (χ0n) is 11.7. The number of nitrogens with one attached hydrogen (secondary N) is 1. The predicted molar refractivity (Wildman–Crippen MR) is 73.5 cm³/mol. The van der Waals surface area contributed by atoms with Gasteiger partial charge in [0, 0.05) is 5.69 Å². The van der Waals surface area contributed by atoms with Crippen molar-refractivity contribution in [3.63, 3.8) is 0 Å². The fourth-order valence-corrected chi connectivity index (χ4v) is 1.53. The third-order valence-corrected chi connectivity index (χ3v) is 2.28. The van der Waals surface area contributed by atoms with Crippen molar-refractivity contribution in [3.05, 3.63) is 29.8 Å². The lowest BCUT2D eigenvalue weighted by Gasteiger charge is -2.20. The average Bonchev–Trinajstić information content (AvgIpc) is 2.25. The summed E-state index contributed by atoms with van der Waals surface area (Å²) in [6.07, 6.45) is -2.12. The number of amides is 1. The molecule has 6 nitrogen and oxygen atoms in total. The molecule has 1 atom stereocenters. The van der Waals surface area contributed by atoms with Crippen molar-refractivity contribution in [2.45, 2.75) is 38.9 Å². The van der Waals surface area contributed by atoms with Crippen molar-refractivity contribution in [1.82, 2.24) is 0 Å². The highest BCUT2D eigenvalue weighted by atomic mass is 16.6. The van der Waals surface area contributed by atoms with E-state index in [9.17, 15) is 14.7 Å². The van der Waals surface area contributed by atoms with E-state index in [1.54, 1.807) is 39.0 Å². The second kappa shape index (κ2) is 6.38. The third kappa shape index (κ3) is 5.71. The van der Waals surface area contributed by atoms with Gasteiger partial charge >= 0.3 is 12.1 Å². The molecule has 3 N–H and O–H groups in total. The van der Waals surface area contributed by atoms with Crippen LogP contribution in [0.15, 0.2) is 24.3 Å². The number of carbonyl (C=O) groups is 2. The predicted octanol–water partition coefficient (Wildman–Crippen LogP) is 2.54. The van der Waals surface area contributed by atoms with E-state index in [2.05, 4.69) is 5.32 Å². The number of aliphatic hydroxyl groups excluding tert-OH is 1. The van der Waals surface area contributed by atoms with Gasteiger partial charge in [-0.2, -0.15) is 0 Å². The van der Waals surface area contributed by atoms with E-state index in [1.165, 1.54) is 6.07 Å². The number of aliphatic hydroxyl groups is 1. The van der Waals surface area contributed by atoms with Gasteiger partial charge in [0.1, 0.15) is 5.60 Å². The topological polar surface area (TPSA) is 95.9 Å². The average molecular weight is 281 g/mol. The number of rotatable bonds is 4. The molecule has 1 aromatic rings. The Morgan fingerprint density at radius 3 is 2.55 bits per heavy atom. The molecule has 0 aromatic heterocycles. The van der Waals surface area contributed by atoms with Gasteiger partial charge in [-0.3, -0.25) is 10.1 Å². The number of anilines is 1. The highest BCUT2D eigenvalue weighted by Crippen LogP contribution is 2.20. The summed E-state index contributed by atoms with van der Waals surface area (Å²) in [5.41, 5.74) is 0.243. The van der Waals surface area contributed by atoms with E-state index in [4.69, 9.17) is 9.84 Å². The first-order chi connectivity index (χ1) is 9.17. The molecular formula is C14H19NO5. The normalized spacial score (nSPS) is 12.6. The SMILES string of the molecule is CC(C)(C)OC(=O)Nc1cccc([C@H](O)CC(=O)O)c1. The largest absolute Gasteiger partial charge is 0.481 e. The molecule has 0 radical (unpaired) electrons. The molecule has 110 valence electrons. The van der Waals surface area contributed by atoms with Crippen LogP contribution in [0.1, 0.15) is 38.9 Å². The number of carbonyl (C=O) groups excluding carboxylic acids is 1. The van der Waals surface area contributed by atoms with Crippen LogP contribution in [0.2, 0.25) is 0 Å². The first-order valence-electron chi connectivity index (χ1n) is 6.17. The second-order valence-corrected chi connectivity index (χ2v) is 5.37. The zero-order valence-corrected chi connectivity index (χ0v) is 11.7. The summed E-state index contributed by atoms with van der Waals surface area (Å²) in [4.78, 5) is 22.1. The molecule has 0 unspecified atom stereocenters. The summed E-state index contributed by atoms with van der Waals surface area (Å²) in [6, 6.07) is 6.35. The Bertz CT molecular complexity index is 493. The highest BCUT2D eigenvalue weighted by Gasteiger charge is 2.17. The maximum Gasteiger partial charge on any atom is 0.412 e. The van der Waals surface area contributed by atoms with Crippen molar-refractivity contribution in [3.8, 4) is 0 Å². The molecule has 0 heterocycles. The van der Waals surface area contributed by atoms with Crippen LogP contribution in [-0.4, -0.2) is 27.9 Å². The highest BCUT2D eigenvalue weighted by molar-refractivity contribution is 5.85. The van der Waals surface area contributed by atoms with Crippen LogP contribution in [0.4, 0.5) is 10.5 Å². The fraction of sp³-hybridized carbons (Fsp3) is 0.429. The van der Waals surface area contributed by atoms with Crippen molar-refractivity contribution >= 4 is 17.7 Å². The van der Waals surface area contributed by atoms with Crippen molar-refractivity contribution in [1.29, 1.82) is 0 Å². The van der Waals surface area contributed by atoms with Crippen LogP contribution in [0.3, 0.4) is 0 Å². The molecule has 0 bridgehead atoms. The Balaban J connectivity index is 2.73. The van der Waals surface area contributed by atoms with Crippen LogP contribution >= 0.6 is 0 Å². The van der Waals surface area contributed by atoms with Gasteiger partial charge < -0.3 is 14.9 Å². The van der Waals surface area contributed by atoms with Gasteiger partial charge in [-0.15, -0.1) is 0 Å². The number of aliphatic carboxylic acids is 1. The first kappa shape index (κ1) is 16.0. The minimum atomic E-state index is -1.12. The van der Waals surface area contributed by atoms with Gasteiger partial charge in [0.15, 0.2) is 0 Å². The van der Waals surface area contributed by atoms with Gasteiger partial charge in [-0.05, 0) is 38.5 Å². The van der Waals surface area contributed by atoms with Gasteiger partial charge in [0.05, 0.1) is 12.5 Å². The Kier molecular flexibility index (Phi) is 5.10. The van der Waals surface area contributed by atoms with Crippen LogP contribution < -0.4 is 5.32 Å². The monoisotopic (exact) mass is 281 g/mol. The molecule has 0 saturated heterocycles. The molecule has 20 heavy (non-hydrogen) atoms. The van der Waals surface area contributed by atoms with Crippen LogP contribution in [-0.2, 0) is 9.53 Å². The Morgan fingerprint density at radius 1 is 1.35 bits per heavy atom. The lowest BCUT2D eigenvalue weighted by atomic mass is 10.1. The Morgan fingerprint density at radius 2 is 2.00 bits per heavy atom. The number of benzene rings is 1. The van der Waals surface area contributed by atoms with Gasteiger partial charge in [-0.25, -0.2) is 4.79 Å². The molecular weight excluding hydrogens is 262 g/mol. The van der Waals surface area contributed by atoms with Crippen LogP contribution in [0.5, 0.6) is 0 Å². The van der Waals surface area contributed by atoms with Crippen LogP contribution in [0.25, 0.3) is 0 Å². The molecule has 0 aliphatic heterocycles. The second-order valence-electron chi connectivity index (χ2n) is 5.37. The summed E-state index contributed by atoms with van der Waals surface area (Å²) in [7, 11) is 0. The molecule has 1 amide bonds. The van der Waals surface area contributed by atoms with Crippen molar-refractivity contribution in [2.75, 3.05) is 5.32 Å². The smallest absolute Gasteiger partial charge is 0.412 e. The van der Waals surface area contributed by atoms with Gasteiger partial charge in [0.25, 0.3) is 0 Å². The number of hydrogen-bond donors (Lipinski definition) is 3. The standard InChI is InChI=1S/C14H19NO5/c1-14(2,3)20-13(19)15-10-6-4-5-9(7-10)11(16)8-12(17)18/h4-7,11,16H,8H2,1-3H3,(H,15,19)(H,17,18)/t11-/m1/s1. The molecule has 0 saturated carbocycles. The Hall–Kier alpha value is -2.08. The minimum absolute atomic E-state index is 0.393. The first-order valence-corrected chi connectivity index (χ1v) is 6.17. The van der Waals surface area contributed by atoms with E-state index in [-0.39, 0.29) is 0 Å². The zero-order chi connectivity index (χ0) is 15.3. The number of carboxylic acid groups (broad SMARTS) is 1. The molecule has 1 rings (SSSR count). The van der Waals surface area contributed by atoms with Gasteiger partial charge in [-0.1, -0.05) is 12.1 Å². The summed E-state index contributed by atoms with van der Waals surface area (Å²) in [5, 5.41) is 20.9. The maximum atomic E-state index is 11.6. The van der Waals surface area contributed by atoms with E-state index in [0.717, 1.165) is 0 Å². The van der Waals surface area contributed by atoms with E-state index in [1.807, 2.05) is 0 Å². The summed E-state index contributed by atoms with van der Waals surface area (Å²) < 4.78 is 5.10. The summed E-state index contributed by atoms with van der Waals surface area (Å²) in [5.74, 6) is -1.09. The molecule has 0 aliphatic carbocycles.